The van der Waals surface area contributed by atoms with Gasteiger partial charge in [0, 0.05) is 19.2 Å². The van der Waals surface area contributed by atoms with E-state index in [0.717, 1.165) is 0 Å². The number of nitrogens with one attached hydrogen (secondary N) is 2. The molecule has 1 saturated heterocycles. The number of rotatable bonds is 5. The molecule has 0 aliphatic carbocycles. The normalized spacial score (nSPS) is 20.7. The number of ether oxygens (including phenoxy) is 2. The zero-order chi connectivity index (χ0) is 16.1. The first-order valence-electron chi connectivity index (χ1n) is 7.08. The van der Waals surface area contributed by atoms with E-state index in [1.165, 1.54) is 6.92 Å². The zero-order valence-electron chi connectivity index (χ0n) is 12.5. The fourth-order valence-corrected chi connectivity index (χ4v) is 2.48. The van der Waals surface area contributed by atoms with Crippen molar-refractivity contribution in [3.05, 3.63) is 28.8 Å². The summed E-state index contributed by atoms with van der Waals surface area (Å²) in [5.74, 6) is -0.535. The average Bonchev–Trinajstić information content (AvgIpc) is 2.88. The Bertz CT molecular complexity index is 564. The maximum absolute atomic E-state index is 12.4. The van der Waals surface area contributed by atoms with Gasteiger partial charge in [-0.3, -0.25) is 9.59 Å². The Morgan fingerprint density at radius 2 is 2.18 bits per heavy atom. The summed E-state index contributed by atoms with van der Waals surface area (Å²) in [6.45, 7) is 4.71. The average molecular weight is 327 g/mol. The molecule has 0 bridgehead atoms. The van der Waals surface area contributed by atoms with Crippen molar-refractivity contribution in [2.75, 3.05) is 25.1 Å². The van der Waals surface area contributed by atoms with Crippen LogP contribution in [0.4, 0.5) is 5.69 Å². The fourth-order valence-electron chi connectivity index (χ4n) is 2.27. The van der Waals surface area contributed by atoms with Gasteiger partial charge in [-0.1, -0.05) is 11.6 Å². The van der Waals surface area contributed by atoms with Crippen LogP contribution in [0.3, 0.4) is 0 Å². The van der Waals surface area contributed by atoms with Gasteiger partial charge in [0.15, 0.2) is 0 Å². The number of halogens is 1. The Balaban J connectivity index is 2.10. The van der Waals surface area contributed by atoms with Crippen molar-refractivity contribution in [2.24, 2.45) is 0 Å². The van der Waals surface area contributed by atoms with Crippen LogP contribution in [0.2, 0.25) is 5.02 Å². The minimum Gasteiger partial charge on any atom is -0.376 e. The highest BCUT2D eigenvalue weighted by molar-refractivity contribution is 6.34. The molecule has 6 nitrogen and oxygen atoms in total. The molecule has 120 valence electrons. The predicted octanol–water partition coefficient (Wildman–Crippen LogP) is 1.83. The van der Waals surface area contributed by atoms with Gasteiger partial charge in [0.2, 0.25) is 5.91 Å². The highest BCUT2D eigenvalue weighted by Gasteiger charge is 2.30. The summed E-state index contributed by atoms with van der Waals surface area (Å²) < 4.78 is 10.9. The van der Waals surface area contributed by atoms with Crippen molar-refractivity contribution in [3.8, 4) is 0 Å². The van der Waals surface area contributed by atoms with Gasteiger partial charge in [-0.05, 0) is 25.1 Å². The summed E-state index contributed by atoms with van der Waals surface area (Å²) in [5, 5.41) is 5.81. The standard InChI is InChI=1S/C15H19ClN2O4/c1-3-22-14-8-21-7-13(14)18-15(20)11-6-10(17-9(2)19)4-5-12(11)16/h4-6,13-14H,3,7-8H2,1-2H3,(H,17,19)(H,18,20)/t13-,14-/m1/s1. The van der Waals surface area contributed by atoms with Gasteiger partial charge in [-0.2, -0.15) is 0 Å². The first-order chi connectivity index (χ1) is 10.5. The molecule has 0 unspecified atom stereocenters. The molecule has 22 heavy (non-hydrogen) atoms. The van der Waals surface area contributed by atoms with Crippen LogP contribution < -0.4 is 10.6 Å². The molecule has 0 radical (unpaired) electrons. The number of hydrogen-bond acceptors (Lipinski definition) is 4. The SMILES string of the molecule is CCO[C@@H]1COC[C@H]1NC(=O)c1cc(NC(C)=O)ccc1Cl. The molecule has 2 rings (SSSR count). The second kappa shape index (κ2) is 7.58. The van der Waals surface area contributed by atoms with E-state index in [-0.39, 0.29) is 24.0 Å². The molecule has 1 aromatic rings. The van der Waals surface area contributed by atoms with Gasteiger partial charge in [-0.15, -0.1) is 0 Å². The third-order valence-electron chi connectivity index (χ3n) is 3.26. The summed E-state index contributed by atoms with van der Waals surface area (Å²) in [5.41, 5.74) is 0.821. The molecule has 0 aromatic heterocycles. The van der Waals surface area contributed by atoms with E-state index >= 15 is 0 Å². The monoisotopic (exact) mass is 326 g/mol. The first-order valence-corrected chi connectivity index (χ1v) is 7.46. The van der Waals surface area contributed by atoms with Gasteiger partial charge in [0.1, 0.15) is 6.10 Å². The van der Waals surface area contributed by atoms with E-state index in [1.54, 1.807) is 18.2 Å². The van der Waals surface area contributed by atoms with Crippen LogP contribution in [0.15, 0.2) is 18.2 Å². The van der Waals surface area contributed by atoms with Crippen molar-refractivity contribution in [1.29, 1.82) is 0 Å². The molecule has 1 fully saturated rings. The summed E-state index contributed by atoms with van der Waals surface area (Å²) in [6, 6.07) is 4.55. The van der Waals surface area contributed by atoms with Crippen molar-refractivity contribution < 1.29 is 19.1 Å². The smallest absolute Gasteiger partial charge is 0.253 e. The van der Waals surface area contributed by atoms with E-state index in [4.69, 9.17) is 21.1 Å². The number of benzene rings is 1. The largest absolute Gasteiger partial charge is 0.376 e. The lowest BCUT2D eigenvalue weighted by Gasteiger charge is -2.19. The van der Waals surface area contributed by atoms with Gasteiger partial charge in [0.25, 0.3) is 5.91 Å². The van der Waals surface area contributed by atoms with Crippen LogP contribution in [-0.2, 0) is 14.3 Å². The van der Waals surface area contributed by atoms with Crippen LogP contribution in [0.1, 0.15) is 24.2 Å². The second-order valence-corrected chi connectivity index (χ2v) is 5.39. The molecule has 1 heterocycles. The maximum atomic E-state index is 12.4. The van der Waals surface area contributed by atoms with Crippen molar-refractivity contribution >= 4 is 29.1 Å². The van der Waals surface area contributed by atoms with Crippen LogP contribution in [-0.4, -0.2) is 43.8 Å². The molecule has 0 saturated carbocycles. The van der Waals surface area contributed by atoms with Gasteiger partial charge >= 0.3 is 0 Å². The molecule has 2 N–H and O–H groups in total. The third kappa shape index (κ3) is 4.19. The molecular formula is C15H19ClN2O4. The van der Waals surface area contributed by atoms with E-state index in [1.807, 2.05) is 6.92 Å². The molecule has 1 aliphatic rings. The maximum Gasteiger partial charge on any atom is 0.253 e. The number of hydrogen-bond donors (Lipinski definition) is 2. The minimum absolute atomic E-state index is 0.161. The quantitative estimate of drug-likeness (QED) is 0.865. The fraction of sp³-hybridized carbons (Fsp3) is 0.467. The number of carbonyl (C=O) groups is 2. The lowest BCUT2D eigenvalue weighted by molar-refractivity contribution is -0.114. The van der Waals surface area contributed by atoms with E-state index < -0.39 is 0 Å². The van der Waals surface area contributed by atoms with Crippen LogP contribution in [0, 0.1) is 0 Å². The Morgan fingerprint density at radius 3 is 2.86 bits per heavy atom. The highest BCUT2D eigenvalue weighted by Crippen LogP contribution is 2.21. The Hall–Kier alpha value is -1.63. The summed E-state index contributed by atoms with van der Waals surface area (Å²) in [6.07, 6.45) is -0.161. The van der Waals surface area contributed by atoms with Crippen molar-refractivity contribution in [2.45, 2.75) is 26.0 Å². The Morgan fingerprint density at radius 1 is 1.41 bits per heavy atom. The zero-order valence-corrected chi connectivity index (χ0v) is 13.3. The van der Waals surface area contributed by atoms with Crippen LogP contribution in [0.5, 0.6) is 0 Å². The van der Waals surface area contributed by atoms with E-state index in [9.17, 15) is 9.59 Å². The predicted molar refractivity (Wildman–Crippen MR) is 83.2 cm³/mol. The van der Waals surface area contributed by atoms with E-state index in [2.05, 4.69) is 10.6 Å². The summed E-state index contributed by atoms with van der Waals surface area (Å²) >= 11 is 6.07. The summed E-state index contributed by atoms with van der Waals surface area (Å²) in [7, 11) is 0. The highest BCUT2D eigenvalue weighted by atomic mass is 35.5. The van der Waals surface area contributed by atoms with E-state index in [0.29, 0.717) is 36.1 Å². The Kier molecular flexibility index (Phi) is 5.76. The number of amides is 2. The molecule has 0 spiro atoms. The van der Waals surface area contributed by atoms with Crippen LogP contribution in [0.25, 0.3) is 0 Å². The minimum atomic E-state index is -0.322. The molecular weight excluding hydrogens is 308 g/mol. The molecule has 1 aromatic carbocycles. The second-order valence-electron chi connectivity index (χ2n) is 4.99. The first kappa shape index (κ1) is 16.7. The topological polar surface area (TPSA) is 76.7 Å². The lowest BCUT2D eigenvalue weighted by atomic mass is 10.1. The van der Waals surface area contributed by atoms with Gasteiger partial charge in [-0.25, -0.2) is 0 Å². The number of anilines is 1. The lowest BCUT2D eigenvalue weighted by Crippen LogP contribution is -2.43. The molecule has 1 aliphatic heterocycles. The van der Waals surface area contributed by atoms with Gasteiger partial charge < -0.3 is 20.1 Å². The summed E-state index contributed by atoms with van der Waals surface area (Å²) in [4.78, 5) is 23.5. The van der Waals surface area contributed by atoms with Crippen LogP contribution >= 0.6 is 11.6 Å². The third-order valence-corrected chi connectivity index (χ3v) is 3.59. The molecule has 7 heteroatoms. The Labute approximate surface area is 134 Å². The van der Waals surface area contributed by atoms with Crippen molar-refractivity contribution in [3.63, 3.8) is 0 Å². The van der Waals surface area contributed by atoms with Gasteiger partial charge in [0.05, 0.1) is 29.8 Å². The molecule has 2 amide bonds. The molecule has 2 atom stereocenters. The number of carbonyl (C=O) groups excluding carboxylic acids is 2. The van der Waals surface area contributed by atoms with Crippen molar-refractivity contribution in [1.82, 2.24) is 5.32 Å².